The van der Waals surface area contributed by atoms with Crippen LogP contribution in [-0.2, 0) is 6.54 Å². The Morgan fingerprint density at radius 2 is 2.21 bits per heavy atom. The molecule has 2 aromatic rings. The van der Waals surface area contributed by atoms with Crippen LogP contribution in [0.1, 0.15) is 35.9 Å². The van der Waals surface area contributed by atoms with Crippen LogP contribution in [0.15, 0.2) is 44.2 Å². The maximum absolute atomic E-state index is 12.3. The molecule has 0 atom stereocenters. The number of unbranched alkanes of at least 4 members (excludes halogenated alkanes) is 1. The molecule has 0 aliphatic rings. The Kier molecular flexibility index (Phi) is 6.87. The molecule has 0 fully saturated rings. The quantitative estimate of drug-likeness (QED) is 0.691. The number of benzene rings is 1. The SMILES string of the molecule is CCCCOc1c(C(=O)NCc2cccc(Cl)c2)occ(Br)c1=O. The van der Waals surface area contributed by atoms with E-state index in [0.29, 0.717) is 11.6 Å². The van der Waals surface area contributed by atoms with E-state index in [1.807, 2.05) is 13.0 Å². The lowest BCUT2D eigenvalue weighted by Crippen LogP contribution is -2.25. The van der Waals surface area contributed by atoms with Crippen molar-refractivity contribution in [3.63, 3.8) is 0 Å². The van der Waals surface area contributed by atoms with Crippen molar-refractivity contribution in [1.29, 1.82) is 0 Å². The van der Waals surface area contributed by atoms with Crippen LogP contribution in [0, 0.1) is 0 Å². The highest BCUT2D eigenvalue weighted by molar-refractivity contribution is 9.10. The van der Waals surface area contributed by atoms with Crippen molar-refractivity contribution in [3.05, 3.63) is 61.6 Å². The Labute approximate surface area is 153 Å². The maximum atomic E-state index is 12.3. The molecule has 1 N–H and O–H groups in total. The van der Waals surface area contributed by atoms with E-state index in [-0.39, 0.29) is 22.5 Å². The van der Waals surface area contributed by atoms with Crippen LogP contribution in [0.5, 0.6) is 5.75 Å². The average Bonchev–Trinajstić information content (AvgIpc) is 2.57. The third-order valence-electron chi connectivity index (χ3n) is 3.20. The van der Waals surface area contributed by atoms with Gasteiger partial charge in [-0.3, -0.25) is 9.59 Å². The second-order valence-corrected chi connectivity index (χ2v) is 6.38. The van der Waals surface area contributed by atoms with Crippen LogP contribution in [0.25, 0.3) is 0 Å². The molecule has 1 aromatic heterocycles. The molecule has 0 saturated heterocycles. The van der Waals surface area contributed by atoms with Crippen LogP contribution in [-0.4, -0.2) is 12.5 Å². The average molecular weight is 415 g/mol. The molecule has 2 rings (SSSR count). The predicted molar refractivity (Wildman–Crippen MR) is 95.7 cm³/mol. The molecular weight excluding hydrogens is 398 g/mol. The third-order valence-corrected chi connectivity index (χ3v) is 3.98. The Morgan fingerprint density at radius 1 is 1.42 bits per heavy atom. The first kappa shape index (κ1) is 18.5. The van der Waals surface area contributed by atoms with Gasteiger partial charge in [0.15, 0.2) is 0 Å². The summed E-state index contributed by atoms with van der Waals surface area (Å²) in [4.78, 5) is 24.5. The second-order valence-electron chi connectivity index (χ2n) is 5.09. The van der Waals surface area contributed by atoms with Gasteiger partial charge in [-0.25, -0.2) is 0 Å². The number of halogens is 2. The number of carbonyl (C=O) groups excluding carboxylic acids is 1. The first-order valence-electron chi connectivity index (χ1n) is 7.49. The summed E-state index contributed by atoms with van der Waals surface area (Å²) in [5.41, 5.74) is 0.425. The molecule has 1 amide bonds. The zero-order valence-corrected chi connectivity index (χ0v) is 15.4. The summed E-state index contributed by atoms with van der Waals surface area (Å²) in [6.45, 7) is 2.60. The summed E-state index contributed by atoms with van der Waals surface area (Å²) in [6, 6.07) is 7.13. The minimum Gasteiger partial charge on any atom is -0.486 e. The van der Waals surface area contributed by atoms with Gasteiger partial charge < -0.3 is 14.5 Å². The van der Waals surface area contributed by atoms with E-state index in [9.17, 15) is 9.59 Å². The third kappa shape index (κ3) is 4.85. The molecule has 7 heteroatoms. The van der Waals surface area contributed by atoms with Crippen LogP contribution >= 0.6 is 27.5 Å². The summed E-state index contributed by atoms with van der Waals surface area (Å²) in [5, 5.41) is 3.28. The molecule has 0 bridgehead atoms. The zero-order valence-electron chi connectivity index (χ0n) is 13.1. The lowest BCUT2D eigenvalue weighted by molar-refractivity contribution is 0.0912. The van der Waals surface area contributed by atoms with Crippen molar-refractivity contribution in [2.24, 2.45) is 0 Å². The van der Waals surface area contributed by atoms with Gasteiger partial charge in [0, 0.05) is 11.6 Å². The Balaban J connectivity index is 2.15. The molecular formula is C17H17BrClNO4. The fourth-order valence-corrected chi connectivity index (χ4v) is 2.43. The smallest absolute Gasteiger partial charge is 0.291 e. The molecule has 5 nitrogen and oxygen atoms in total. The minimum absolute atomic E-state index is 0.0820. The van der Waals surface area contributed by atoms with Crippen molar-refractivity contribution in [1.82, 2.24) is 5.32 Å². The highest BCUT2D eigenvalue weighted by Crippen LogP contribution is 2.18. The predicted octanol–water partition coefficient (Wildman–Crippen LogP) is 4.16. The molecule has 1 aromatic carbocycles. The van der Waals surface area contributed by atoms with Gasteiger partial charge in [0.2, 0.25) is 16.9 Å². The van der Waals surface area contributed by atoms with Crippen molar-refractivity contribution in [3.8, 4) is 5.75 Å². The van der Waals surface area contributed by atoms with E-state index >= 15 is 0 Å². The number of nitrogens with one attached hydrogen (secondary N) is 1. The summed E-state index contributed by atoms with van der Waals surface area (Å²) in [5.74, 6) is -0.742. The number of ether oxygens (including phenoxy) is 1. The van der Waals surface area contributed by atoms with E-state index in [1.54, 1.807) is 18.2 Å². The zero-order chi connectivity index (χ0) is 17.5. The summed E-state index contributed by atoms with van der Waals surface area (Å²) < 4.78 is 10.9. The first-order chi connectivity index (χ1) is 11.5. The molecule has 0 radical (unpaired) electrons. The van der Waals surface area contributed by atoms with Crippen LogP contribution in [0.2, 0.25) is 5.02 Å². The fourth-order valence-electron chi connectivity index (χ4n) is 1.95. The number of hydrogen-bond donors (Lipinski definition) is 1. The van der Waals surface area contributed by atoms with Crippen molar-refractivity contribution in [2.45, 2.75) is 26.3 Å². The van der Waals surface area contributed by atoms with Crippen molar-refractivity contribution in [2.75, 3.05) is 6.61 Å². The van der Waals surface area contributed by atoms with Gasteiger partial charge in [-0.15, -0.1) is 0 Å². The van der Waals surface area contributed by atoms with E-state index in [2.05, 4.69) is 21.2 Å². The maximum Gasteiger partial charge on any atom is 0.291 e. The summed E-state index contributed by atoms with van der Waals surface area (Å²) in [7, 11) is 0. The molecule has 0 spiro atoms. The lowest BCUT2D eigenvalue weighted by atomic mass is 10.2. The van der Waals surface area contributed by atoms with Gasteiger partial charge in [0.25, 0.3) is 5.91 Å². The van der Waals surface area contributed by atoms with Gasteiger partial charge in [0.1, 0.15) is 10.7 Å². The number of hydrogen-bond acceptors (Lipinski definition) is 4. The van der Waals surface area contributed by atoms with Crippen molar-refractivity contribution >= 4 is 33.4 Å². The van der Waals surface area contributed by atoms with Gasteiger partial charge in [-0.1, -0.05) is 37.1 Å². The summed E-state index contributed by atoms with van der Waals surface area (Å²) >= 11 is 9.00. The highest BCUT2D eigenvalue weighted by Gasteiger charge is 2.20. The standard InChI is InChI=1S/C17H17BrClNO4/c1-2-3-7-23-15-14(21)13(18)10-24-16(15)17(22)20-9-11-5-4-6-12(19)8-11/h4-6,8,10H,2-3,7,9H2,1H3,(H,20,22). The fraction of sp³-hybridized carbons (Fsp3) is 0.294. The van der Waals surface area contributed by atoms with E-state index in [1.165, 1.54) is 6.26 Å². The molecule has 0 saturated carbocycles. The molecule has 0 unspecified atom stereocenters. The van der Waals surface area contributed by atoms with Gasteiger partial charge in [-0.2, -0.15) is 0 Å². The van der Waals surface area contributed by atoms with Gasteiger partial charge in [-0.05, 0) is 40.0 Å². The topological polar surface area (TPSA) is 68.5 Å². The Hall–Kier alpha value is -1.79. The monoisotopic (exact) mass is 413 g/mol. The van der Waals surface area contributed by atoms with Crippen LogP contribution in [0.4, 0.5) is 0 Å². The van der Waals surface area contributed by atoms with E-state index < -0.39 is 11.3 Å². The minimum atomic E-state index is -0.522. The van der Waals surface area contributed by atoms with Gasteiger partial charge >= 0.3 is 0 Å². The first-order valence-corrected chi connectivity index (χ1v) is 8.66. The number of amides is 1. The summed E-state index contributed by atoms with van der Waals surface area (Å²) in [6.07, 6.45) is 2.87. The van der Waals surface area contributed by atoms with Crippen molar-refractivity contribution < 1.29 is 13.9 Å². The molecule has 0 aliphatic heterocycles. The molecule has 24 heavy (non-hydrogen) atoms. The Bertz CT molecular complexity index is 775. The highest BCUT2D eigenvalue weighted by atomic mass is 79.9. The molecule has 128 valence electrons. The lowest BCUT2D eigenvalue weighted by Gasteiger charge is -2.10. The number of carbonyl (C=O) groups is 1. The van der Waals surface area contributed by atoms with E-state index in [0.717, 1.165) is 18.4 Å². The normalized spacial score (nSPS) is 10.5. The van der Waals surface area contributed by atoms with E-state index in [4.69, 9.17) is 20.8 Å². The molecule has 1 heterocycles. The second kappa shape index (κ2) is 8.89. The van der Waals surface area contributed by atoms with Crippen LogP contribution < -0.4 is 15.5 Å². The largest absolute Gasteiger partial charge is 0.486 e. The molecule has 0 aliphatic carbocycles. The number of rotatable bonds is 7. The van der Waals surface area contributed by atoms with Gasteiger partial charge in [0.05, 0.1) is 6.61 Å². The van der Waals surface area contributed by atoms with Crippen LogP contribution in [0.3, 0.4) is 0 Å². The Morgan fingerprint density at radius 3 is 2.92 bits per heavy atom.